The molecule has 15 heavy (non-hydrogen) atoms. The van der Waals surface area contributed by atoms with Crippen LogP contribution in [0.3, 0.4) is 0 Å². The summed E-state index contributed by atoms with van der Waals surface area (Å²) in [7, 11) is 0. The molecule has 2 aromatic rings. The Morgan fingerprint density at radius 2 is 2.27 bits per heavy atom. The molecule has 0 amide bonds. The number of hydrogen-bond donors (Lipinski definition) is 0. The topological polar surface area (TPSA) is 64.7 Å². The minimum absolute atomic E-state index is 0.313. The third-order valence-corrected chi connectivity index (χ3v) is 2.42. The van der Waals surface area contributed by atoms with Crippen LogP contribution >= 0.6 is 27.5 Å². The Bertz CT molecular complexity index is 473. The van der Waals surface area contributed by atoms with Gasteiger partial charge in [-0.1, -0.05) is 0 Å². The van der Waals surface area contributed by atoms with Gasteiger partial charge in [0, 0.05) is 6.20 Å². The van der Waals surface area contributed by atoms with E-state index in [1.807, 2.05) is 0 Å². The van der Waals surface area contributed by atoms with Gasteiger partial charge >= 0.3 is 0 Å². The second-order valence-corrected chi connectivity index (χ2v) is 4.29. The van der Waals surface area contributed by atoms with Crippen molar-refractivity contribution in [3.05, 3.63) is 22.9 Å². The Morgan fingerprint density at radius 1 is 1.47 bits per heavy atom. The maximum atomic E-state index is 5.80. The molecule has 2 aromatic heterocycles. The molecule has 2 heterocycles. The van der Waals surface area contributed by atoms with Crippen LogP contribution in [0.1, 0.15) is 18.2 Å². The third kappa shape index (κ3) is 2.15. The molecule has 5 nitrogen and oxygen atoms in total. The van der Waals surface area contributed by atoms with Gasteiger partial charge in [0.05, 0.1) is 4.47 Å². The van der Waals surface area contributed by atoms with E-state index >= 15 is 0 Å². The fourth-order valence-corrected chi connectivity index (χ4v) is 1.44. The van der Waals surface area contributed by atoms with Gasteiger partial charge in [-0.05, 0) is 22.9 Å². The van der Waals surface area contributed by atoms with E-state index in [1.165, 1.54) is 6.33 Å². The van der Waals surface area contributed by atoms with Crippen molar-refractivity contribution in [1.82, 2.24) is 20.2 Å². The van der Waals surface area contributed by atoms with E-state index in [2.05, 4.69) is 36.1 Å². The number of rotatable bonds is 2. The Kier molecular flexibility index (Phi) is 2.97. The minimum atomic E-state index is -0.313. The molecule has 78 valence electrons. The van der Waals surface area contributed by atoms with Gasteiger partial charge in [0.15, 0.2) is 0 Å². The average molecular weight is 290 g/mol. The molecular formula is C8H6BrClN4O. The molecule has 0 aliphatic carbocycles. The Hall–Kier alpha value is -1.01. The third-order valence-electron chi connectivity index (χ3n) is 1.65. The second-order valence-electron chi connectivity index (χ2n) is 2.78. The fraction of sp³-hybridized carbons (Fsp3) is 0.250. The lowest BCUT2D eigenvalue weighted by molar-refractivity contribution is 0.505. The van der Waals surface area contributed by atoms with Crippen LogP contribution in [0.15, 0.2) is 21.4 Å². The first kappa shape index (κ1) is 10.5. The van der Waals surface area contributed by atoms with Gasteiger partial charge in [-0.2, -0.15) is 0 Å². The van der Waals surface area contributed by atoms with Crippen molar-refractivity contribution in [3.63, 3.8) is 0 Å². The van der Waals surface area contributed by atoms with Crippen LogP contribution in [-0.4, -0.2) is 20.2 Å². The van der Waals surface area contributed by atoms with Crippen LogP contribution < -0.4 is 0 Å². The lowest BCUT2D eigenvalue weighted by atomic mass is 10.4. The van der Waals surface area contributed by atoms with Crippen LogP contribution in [0.25, 0.3) is 11.6 Å². The van der Waals surface area contributed by atoms with E-state index < -0.39 is 0 Å². The monoisotopic (exact) mass is 288 g/mol. The highest BCUT2D eigenvalue weighted by molar-refractivity contribution is 9.10. The number of halogens is 2. The van der Waals surface area contributed by atoms with E-state index in [0.717, 1.165) is 0 Å². The fourth-order valence-electron chi connectivity index (χ4n) is 0.961. The lowest BCUT2D eigenvalue weighted by Gasteiger charge is -1.96. The summed E-state index contributed by atoms with van der Waals surface area (Å²) in [5, 5.41) is 7.34. The highest BCUT2D eigenvalue weighted by Gasteiger charge is 2.15. The first-order valence-electron chi connectivity index (χ1n) is 4.12. The van der Waals surface area contributed by atoms with E-state index in [4.69, 9.17) is 16.0 Å². The summed E-state index contributed by atoms with van der Waals surface area (Å²) in [6.45, 7) is 1.76. The van der Waals surface area contributed by atoms with Gasteiger partial charge in [-0.25, -0.2) is 9.97 Å². The first-order valence-corrected chi connectivity index (χ1v) is 5.35. The Labute approximate surface area is 99.0 Å². The zero-order valence-electron chi connectivity index (χ0n) is 7.69. The van der Waals surface area contributed by atoms with Gasteiger partial charge in [0.2, 0.25) is 5.89 Å². The molecular weight excluding hydrogens is 283 g/mol. The predicted molar refractivity (Wildman–Crippen MR) is 57.3 cm³/mol. The quantitative estimate of drug-likeness (QED) is 0.795. The summed E-state index contributed by atoms with van der Waals surface area (Å²) in [4.78, 5) is 7.86. The number of alkyl halides is 1. The molecule has 1 unspecified atom stereocenters. The van der Waals surface area contributed by atoms with Gasteiger partial charge in [0.25, 0.3) is 5.89 Å². The molecule has 0 fully saturated rings. The molecule has 0 aliphatic heterocycles. The van der Waals surface area contributed by atoms with Crippen molar-refractivity contribution < 1.29 is 4.42 Å². The second kappa shape index (κ2) is 4.24. The maximum absolute atomic E-state index is 5.80. The van der Waals surface area contributed by atoms with E-state index in [9.17, 15) is 0 Å². The van der Waals surface area contributed by atoms with Crippen LogP contribution in [0, 0.1) is 0 Å². The largest absolute Gasteiger partial charge is 0.418 e. The van der Waals surface area contributed by atoms with Gasteiger partial charge in [-0.15, -0.1) is 21.8 Å². The standard InChI is InChI=1S/C8H6BrClN4O/c1-4(10)7-13-14-8(15-7)6-5(9)2-11-3-12-6/h2-4H,1H3. The molecule has 0 radical (unpaired) electrons. The molecule has 7 heteroatoms. The van der Waals surface area contributed by atoms with Crippen molar-refractivity contribution in [1.29, 1.82) is 0 Å². The number of nitrogens with zero attached hydrogens (tertiary/aromatic N) is 4. The van der Waals surface area contributed by atoms with Crippen LogP contribution in [-0.2, 0) is 0 Å². The summed E-state index contributed by atoms with van der Waals surface area (Å²) in [6, 6.07) is 0. The summed E-state index contributed by atoms with van der Waals surface area (Å²) in [5.74, 6) is 0.698. The van der Waals surface area contributed by atoms with E-state index in [-0.39, 0.29) is 5.38 Å². The molecule has 0 spiro atoms. The number of aromatic nitrogens is 4. The summed E-state index contributed by atoms with van der Waals surface area (Å²) >= 11 is 9.10. The molecule has 0 aromatic carbocycles. The SMILES string of the molecule is CC(Cl)c1nnc(-c2ncncc2Br)o1. The molecule has 0 saturated carbocycles. The van der Waals surface area contributed by atoms with E-state index in [1.54, 1.807) is 13.1 Å². The number of hydrogen-bond acceptors (Lipinski definition) is 5. The average Bonchev–Trinajstić information content (AvgIpc) is 2.67. The van der Waals surface area contributed by atoms with Crippen molar-refractivity contribution in [2.45, 2.75) is 12.3 Å². The highest BCUT2D eigenvalue weighted by Crippen LogP contribution is 2.26. The van der Waals surface area contributed by atoms with E-state index in [0.29, 0.717) is 21.9 Å². The van der Waals surface area contributed by atoms with Crippen molar-refractivity contribution >= 4 is 27.5 Å². The van der Waals surface area contributed by atoms with Gasteiger partial charge in [0.1, 0.15) is 17.4 Å². The van der Waals surface area contributed by atoms with Crippen LogP contribution in [0.2, 0.25) is 0 Å². The zero-order chi connectivity index (χ0) is 10.8. The molecule has 0 bridgehead atoms. The van der Waals surface area contributed by atoms with Crippen LogP contribution in [0.5, 0.6) is 0 Å². The summed E-state index contributed by atoms with van der Waals surface area (Å²) < 4.78 is 6.03. The van der Waals surface area contributed by atoms with Crippen molar-refractivity contribution in [3.8, 4) is 11.6 Å². The smallest absolute Gasteiger partial charge is 0.267 e. The van der Waals surface area contributed by atoms with Gasteiger partial charge < -0.3 is 4.42 Å². The molecule has 2 rings (SSSR count). The predicted octanol–water partition coefficient (Wildman–Crippen LogP) is 2.59. The summed E-state index contributed by atoms with van der Waals surface area (Å²) in [6.07, 6.45) is 3.02. The minimum Gasteiger partial charge on any atom is -0.418 e. The lowest BCUT2D eigenvalue weighted by Crippen LogP contribution is -1.86. The van der Waals surface area contributed by atoms with Gasteiger partial charge in [-0.3, -0.25) is 0 Å². The first-order chi connectivity index (χ1) is 7.18. The van der Waals surface area contributed by atoms with Crippen molar-refractivity contribution in [2.24, 2.45) is 0 Å². The summed E-state index contributed by atoms with van der Waals surface area (Å²) in [5.41, 5.74) is 0.557. The normalized spacial score (nSPS) is 12.7. The van der Waals surface area contributed by atoms with Crippen LogP contribution in [0.4, 0.5) is 0 Å². The molecule has 0 aliphatic rings. The molecule has 1 atom stereocenters. The zero-order valence-corrected chi connectivity index (χ0v) is 10.0. The molecule has 0 saturated heterocycles. The molecule has 0 N–H and O–H groups in total. The highest BCUT2D eigenvalue weighted by atomic mass is 79.9. The Morgan fingerprint density at radius 3 is 2.87 bits per heavy atom. The Balaban J connectivity index is 2.42. The maximum Gasteiger partial charge on any atom is 0.267 e. The van der Waals surface area contributed by atoms with Crippen molar-refractivity contribution in [2.75, 3.05) is 0 Å².